The van der Waals surface area contributed by atoms with E-state index in [1.165, 1.54) is 0 Å². The van der Waals surface area contributed by atoms with Crippen LogP contribution in [0.15, 0.2) is 24.3 Å². The van der Waals surface area contributed by atoms with Gasteiger partial charge in [0.05, 0.1) is 6.54 Å². The number of hydrogen-bond donors (Lipinski definition) is 2. The molecule has 2 rings (SSSR count). The summed E-state index contributed by atoms with van der Waals surface area (Å²) in [6.07, 6.45) is 0. The van der Waals surface area contributed by atoms with Gasteiger partial charge in [-0.25, -0.2) is 4.68 Å². The van der Waals surface area contributed by atoms with Crippen LogP contribution in [0.3, 0.4) is 0 Å². The van der Waals surface area contributed by atoms with Crippen molar-refractivity contribution >= 4 is 23.8 Å². The average molecular weight is 255 g/mol. The Morgan fingerprint density at radius 2 is 2.12 bits per heavy atom. The molecule has 0 aliphatic heterocycles. The number of aryl methyl sites for hydroxylation is 1. The predicted octanol–water partition coefficient (Wildman–Crippen LogP) is 2.65. The SMILES string of the molecule is Cc1n[nH]c(=S)n1NCc1ccc(Cl)cc1. The van der Waals surface area contributed by atoms with E-state index in [0.717, 1.165) is 16.4 Å². The second kappa shape index (κ2) is 4.67. The molecule has 1 aromatic heterocycles. The molecule has 0 spiro atoms. The summed E-state index contributed by atoms with van der Waals surface area (Å²) in [7, 11) is 0. The number of halogens is 1. The number of nitrogens with one attached hydrogen (secondary N) is 2. The third-order valence-corrected chi connectivity index (χ3v) is 2.72. The number of aromatic amines is 1. The molecular formula is C10H11ClN4S. The first-order chi connectivity index (χ1) is 7.66. The molecule has 0 saturated carbocycles. The van der Waals surface area contributed by atoms with E-state index in [2.05, 4.69) is 15.6 Å². The molecule has 2 aromatic rings. The number of benzene rings is 1. The van der Waals surface area contributed by atoms with E-state index < -0.39 is 0 Å². The van der Waals surface area contributed by atoms with Gasteiger partial charge in [0.25, 0.3) is 0 Å². The lowest BCUT2D eigenvalue weighted by Crippen LogP contribution is -2.15. The van der Waals surface area contributed by atoms with Gasteiger partial charge in [0, 0.05) is 5.02 Å². The van der Waals surface area contributed by atoms with Crippen LogP contribution in [0.5, 0.6) is 0 Å². The van der Waals surface area contributed by atoms with Crippen LogP contribution in [0.1, 0.15) is 11.4 Å². The Morgan fingerprint density at radius 3 is 2.69 bits per heavy atom. The van der Waals surface area contributed by atoms with Crippen LogP contribution in [-0.4, -0.2) is 14.9 Å². The van der Waals surface area contributed by atoms with Crippen molar-refractivity contribution < 1.29 is 0 Å². The van der Waals surface area contributed by atoms with Gasteiger partial charge in [-0.15, -0.1) is 0 Å². The lowest BCUT2D eigenvalue weighted by Gasteiger charge is -2.07. The van der Waals surface area contributed by atoms with Crippen LogP contribution in [0.4, 0.5) is 0 Å². The van der Waals surface area contributed by atoms with Gasteiger partial charge in [0.1, 0.15) is 5.82 Å². The van der Waals surface area contributed by atoms with Crippen LogP contribution in [0.2, 0.25) is 5.02 Å². The van der Waals surface area contributed by atoms with Gasteiger partial charge in [-0.05, 0) is 36.8 Å². The van der Waals surface area contributed by atoms with E-state index >= 15 is 0 Å². The molecule has 1 heterocycles. The third-order valence-electron chi connectivity index (χ3n) is 2.19. The van der Waals surface area contributed by atoms with Gasteiger partial charge >= 0.3 is 0 Å². The Hall–Kier alpha value is -1.33. The third kappa shape index (κ3) is 2.43. The highest BCUT2D eigenvalue weighted by Crippen LogP contribution is 2.09. The maximum atomic E-state index is 5.80. The molecule has 0 unspecified atom stereocenters. The van der Waals surface area contributed by atoms with Crippen molar-refractivity contribution in [2.24, 2.45) is 0 Å². The highest BCUT2D eigenvalue weighted by atomic mass is 35.5. The quantitative estimate of drug-likeness (QED) is 0.828. The van der Waals surface area contributed by atoms with Crippen LogP contribution >= 0.6 is 23.8 Å². The Labute approximate surface area is 103 Å². The van der Waals surface area contributed by atoms with E-state index in [0.29, 0.717) is 11.3 Å². The molecule has 1 aromatic carbocycles. The van der Waals surface area contributed by atoms with Gasteiger partial charge in [0.2, 0.25) is 4.77 Å². The first kappa shape index (κ1) is 11.2. The minimum atomic E-state index is 0.562. The minimum Gasteiger partial charge on any atom is -0.318 e. The largest absolute Gasteiger partial charge is 0.318 e. The van der Waals surface area contributed by atoms with Gasteiger partial charge in [-0.1, -0.05) is 23.7 Å². The van der Waals surface area contributed by atoms with Gasteiger partial charge < -0.3 is 5.43 Å². The first-order valence-electron chi connectivity index (χ1n) is 4.79. The molecule has 0 amide bonds. The summed E-state index contributed by atoms with van der Waals surface area (Å²) in [5, 5.41) is 7.46. The van der Waals surface area contributed by atoms with Gasteiger partial charge in [0.15, 0.2) is 0 Å². The van der Waals surface area contributed by atoms with Crippen molar-refractivity contribution in [3.63, 3.8) is 0 Å². The molecule has 6 heteroatoms. The Balaban J connectivity index is 2.08. The van der Waals surface area contributed by atoms with Crippen LogP contribution < -0.4 is 5.43 Å². The van der Waals surface area contributed by atoms with Gasteiger partial charge in [-0.2, -0.15) is 5.10 Å². The molecule has 0 radical (unpaired) electrons. The summed E-state index contributed by atoms with van der Waals surface area (Å²) in [5.74, 6) is 0.805. The zero-order valence-electron chi connectivity index (χ0n) is 8.70. The number of H-pyrrole nitrogens is 1. The first-order valence-corrected chi connectivity index (χ1v) is 5.58. The second-order valence-corrected chi connectivity index (χ2v) is 4.20. The lowest BCUT2D eigenvalue weighted by atomic mass is 10.2. The van der Waals surface area contributed by atoms with Crippen molar-refractivity contribution in [3.05, 3.63) is 45.4 Å². The molecule has 4 nitrogen and oxygen atoms in total. The predicted molar refractivity (Wildman–Crippen MR) is 66.7 cm³/mol. The highest BCUT2D eigenvalue weighted by molar-refractivity contribution is 7.71. The zero-order chi connectivity index (χ0) is 11.5. The molecule has 0 atom stereocenters. The summed E-state index contributed by atoms with van der Waals surface area (Å²) in [4.78, 5) is 0. The standard InChI is InChI=1S/C10H11ClN4S/c1-7-13-14-10(16)15(7)12-6-8-2-4-9(11)5-3-8/h2-5,12H,6H2,1H3,(H,14,16). The normalized spacial score (nSPS) is 10.4. The summed E-state index contributed by atoms with van der Waals surface area (Å²) >= 11 is 10.9. The lowest BCUT2D eigenvalue weighted by molar-refractivity contribution is 0.794. The fourth-order valence-corrected chi connectivity index (χ4v) is 1.70. The highest BCUT2D eigenvalue weighted by Gasteiger charge is 1.99. The number of hydrogen-bond acceptors (Lipinski definition) is 3. The Bertz CT molecular complexity index is 528. The number of aromatic nitrogens is 3. The van der Waals surface area contributed by atoms with Crippen molar-refractivity contribution in [2.45, 2.75) is 13.5 Å². The maximum Gasteiger partial charge on any atom is 0.214 e. The molecular weight excluding hydrogens is 244 g/mol. The molecule has 84 valence electrons. The summed E-state index contributed by atoms with van der Waals surface area (Å²) < 4.78 is 2.30. The fraction of sp³-hybridized carbons (Fsp3) is 0.200. The van der Waals surface area contributed by atoms with E-state index in [1.807, 2.05) is 31.2 Å². The zero-order valence-corrected chi connectivity index (χ0v) is 10.3. The van der Waals surface area contributed by atoms with Crippen molar-refractivity contribution in [2.75, 3.05) is 5.43 Å². The maximum absolute atomic E-state index is 5.80. The monoisotopic (exact) mass is 254 g/mol. The molecule has 0 aliphatic carbocycles. The molecule has 0 fully saturated rings. The van der Waals surface area contributed by atoms with E-state index in [9.17, 15) is 0 Å². The smallest absolute Gasteiger partial charge is 0.214 e. The van der Waals surface area contributed by atoms with E-state index in [4.69, 9.17) is 23.8 Å². The van der Waals surface area contributed by atoms with Crippen molar-refractivity contribution in [3.8, 4) is 0 Å². The van der Waals surface area contributed by atoms with E-state index in [1.54, 1.807) is 4.68 Å². The van der Waals surface area contributed by atoms with E-state index in [-0.39, 0.29) is 0 Å². The molecule has 0 aliphatic rings. The fourth-order valence-electron chi connectivity index (χ4n) is 1.33. The average Bonchev–Trinajstić information content (AvgIpc) is 2.59. The summed E-state index contributed by atoms with van der Waals surface area (Å²) in [6, 6.07) is 7.66. The summed E-state index contributed by atoms with van der Waals surface area (Å²) in [6.45, 7) is 2.55. The van der Waals surface area contributed by atoms with Crippen LogP contribution in [0.25, 0.3) is 0 Å². The molecule has 2 N–H and O–H groups in total. The minimum absolute atomic E-state index is 0.562. The van der Waals surface area contributed by atoms with Crippen molar-refractivity contribution in [1.29, 1.82) is 0 Å². The van der Waals surface area contributed by atoms with Crippen molar-refractivity contribution in [1.82, 2.24) is 14.9 Å². The summed E-state index contributed by atoms with van der Waals surface area (Å²) in [5.41, 5.74) is 4.30. The molecule has 16 heavy (non-hydrogen) atoms. The number of rotatable bonds is 3. The molecule has 0 saturated heterocycles. The van der Waals surface area contributed by atoms with Crippen LogP contribution in [-0.2, 0) is 6.54 Å². The second-order valence-electron chi connectivity index (χ2n) is 3.37. The Morgan fingerprint density at radius 1 is 1.44 bits per heavy atom. The Kier molecular flexibility index (Phi) is 3.26. The molecule has 0 bridgehead atoms. The van der Waals surface area contributed by atoms with Crippen LogP contribution in [0, 0.1) is 11.7 Å². The topological polar surface area (TPSA) is 45.6 Å². The van der Waals surface area contributed by atoms with Gasteiger partial charge in [-0.3, -0.25) is 5.10 Å². The number of nitrogens with zero attached hydrogens (tertiary/aromatic N) is 2.